The van der Waals surface area contributed by atoms with Gasteiger partial charge in [-0.15, -0.1) is 0 Å². The molecule has 0 N–H and O–H groups in total. The van der Waals surface area contributed by atoms with E-state index in [0.29, 0.717) is 24.6 Å². The molecule has 0 bridgehead atoms. The molecule has 6 nitrogen and oxygen atoms in total. The Labute approximate surface area is 142 Å². The number of sulfonamides is 1. The molecule has 3 rings (SSSR count). The lowest BCUT2D eigenvalue weighted by Gasteiger charge is -2.32. The molecule has 1 aromatic carbocycles. The van der Waals surface area contributed by atoms with Crippen molar-refractivity contribution in [2.75, 3.05) is 19.7 Å². The van der Waals surface area contributed by atoms with E-state index in [1.807, 2.05) is 19.1 Å². The van der Waals surface area contributed by atoms with E-state index in [1.54, 1.807) is 30.6 Å². The van der Waals surface area contributed by atoms with Gasteiger partial charge in [0.1, 0.15) is 6.33 Å². The predicted octanol–water partition coefficient (Wildman–Crippen LogP) is 1.81. The minimum absolute atomic E-state index is 0.118. The number of rotatable bonds is 5. The van der Waals surface area contributed by atoms with Crippen LogP contribution in [0.3, 0.4) is 0 Å². The number of morpholine rings is 1. The third kappa shape index (κ3) is 3.98. The summed E-state index contributed by atoms with van der Waals surface area (Å²) in [5, 5.41) is 0. The molecule has 0 unspecified atom stereocenters. The van der Waals surface area contributed by atoms with Crippen LogP contribution >= 0.6 is 0 Å². The van der Waals surface area contributed by atoms with Gasteiger partial charge in [0.25, 0.3) is 0 Å². The molecule has 128 valence electrons. The van der Waals surface area contributed by atoms with Crippen molar-refractivity contribution in [2.45, 2.75) is 30.8 Å². The lowest BCUT2D eigenvalue weighted by Crippen LogP contribution is -2.45. The zero-order valence-electron chi connectivity index (χ0n) is 13.6. The van der Waals surface area contributed by atoms with Crippen molar-refractivity contribution in [3.63, 3.8) is 0 Å². The van der Waals surface area contributed by atoms with Crippen LogP contribution in [0.1, 0.15) is 17.8 Å². The lowest BCUT2D eigenvalue weighted by atomic mass is 10.1. The summed E-state index contributed by atoms with van der Waals surface area (Å²) >= 11 is 0. The fraction of sp³-hybridized carbons (Fsp3) is 0.412. The van der Waals surface area contributed by atoms with Crippen LogP contribution in [0, 0.1) is 6.92 Å². The molecule has 1 saturated heterocycles. The minimum Gasteiger partial charge on any atom is -0.375 e. The molecule has 1 atom stereocenters. The van der Waals surface area contributed by atoms with Crippen molar-refractivity contribution < 1.29 is 13.2 Å². The predicted molar refractivity (Wildman–Crippen MR) is 90.0 cm³/mol. The first-order chi connectivity index (χ1) is 11.6. The van der Waals surface area contributed by atoms with E-state index in [9.17, 15) is 8.42 Å². The van der Waals surface area contributed by atoms with Gasteiger partial charge in [0.2, 0.25) is 10.0 Å². The number of ether oxygens (including phenoxy) is 1. The van der Waals surface area contributed by atoms with Crippen molar-refractivity contribution in [1.29, 1.82) is 0 Å². The van der Waals surface area contributed by atoms with Crippen molar-refractivity contribution in [3.8, 4) is 0 Å². The van der Waals surface area contributed by atoms with Crippen LogP contribution in [0.4, 0.5) is 0 Å². The van der Waals surface area contributed by atoms with Gasteiger partial charge in [0.05, 0.1) is 17.6 Å². The maximum Gasteiger partial charge on any atom is 0.243 e. The highest BCUT2D eigenvalue weighted by Crippen LogP contribution is 2.20. The Morgan fingerprint density at radius 2 is 2.04 bits per heavy atom. The highest BCUT2D eigenvalue weighted by Gasteiger charge is 2.30. The van der Waals surface area contributed by atoms with Gasteiger partial charge in [-0.3, -0.25) is 0 Å². The topological polar surface area (TPSA) is 72.4 Å². The molecule has 2 heterocycles. The molecule has 1 aliphatic rings. The minimum atomic E-state index is -3.46. The standard InChI is InChI=1S/C17H21N3O3S/c1-14-11-15(19-13-18-14)7-8-16-12-20(9-10-23-16)24(21,22)17-5-3-2-4-6-17/h2-6,11,13,16H,7-10,12H2,1H3/t16-/m0/s1. The number of hydrogen-bond donors (Lipinski definition) is 0. The number of aryl methyl sites for hydroxylation is 2. The van der Waals surface area contributed by atoms with Gasteiger partial charge < -0.3 is 4.74 Å². The molecule has 0 amide bonds. The van der Waals surface area contributed by atoms with Crippen LogP contribution in [0.25, 0.3) is 0 Å². The summed E-state index contributed by atoms with van der Waals surface area (Å²) in [7, 11) is -3.46. The van der Waals surface area contributed by atoms with Gasteiger partial charge in [0, 0.05) is 24.5 Å². The van der Waals surface area contributed by atoms with Gasteiger partial charge in [0.15, 0.2) is 0 Å². The highest BCUT2D eigenvalue weighted by molar-refractivity contribution is 7.89. The molecule has 0 radical (unpaired) electrons. The Hall–Kier alpha value is -1.83. The number of hydrogen-bond acceptors (Lipinski definition) is 5. The summed E-state index contributed by atoms with van der Waals surface area (Å²) in [5.74, 6) is 0. The first-order valence-electron chi connectivity index (χ1n) is 8.00. The molecule has 0 aliphatic carbocycles. The van der Waals surface area contributed by atoms with Gasteiger partial charge in [-0.2, -0.15) is 4.31 Å². The first kappa shape index (κ1) is 17.0. The van der Waals surface area contributed by atoms with Gasteiger partial charge >= 0.3 is 0 Å². The van der Waals surface area contributed by atoms with E-state index >= 15 is 0 Å². The molecule has 24 heavy (non-hydrogen) atoms. The Bertz CT molecular complexity index is 781. The van der Waals surface area contributed by atoms with E-state index in [4.69, 9.17) is 4.74 Å². The summed E-state index contributed by atoms with van der Waals surface area (Å²) in [6.07, 6.45) is 2.91. The van der Waals surface area contributed by atoms with Crippen molar-refractivity contribution in [3.05, 3.63) is 54.1 Å². The fourth-order valence-corrected chi connectivity index (χ4v) is 4.26. The first-order valence-corrected chi connectivity index (χ1v) is 9.44. The molecule has 1 fully saturated rings. The van der Waals surface area contributed by atoms with Crippen LogP contribution in [-0.4, -0.2) is 48.5 Å². The van der Waals surface area contributed by atoms with Gasteiger partial charge in [-0.1, -0.05) is 18.2 Å². The second kappa shape index (κ2) is 7.38. The van der Waals surface area contributed by atoms with Crippen molar-refractivity contribution in [1.82, 2.24) is 14.3 Å². The quantitative estimate of drug-likeness (QED) is 0.825. The smallest absolute Gasteiger partial charge is 0.243 e. The van der Waals surface area contributed by atoms with Crippen molar-refractivity contribution in [2.24, 2.45) is 0 Å². The van der Waals surface area contributed by atoms with Crippen LogP contribution in [0.5, 0.6) is 0 Å². The molecule has 2 aromatic rings. The van der Waals surface area contributed by atoms with Crippen LogP contribution < -0.4 is 0 Å². The molecule has 0 saturated carbocycles. The summed E-state index contributed by atoms with van der Waals surface area (Å²) in [6.45, 7) is 3.11. The normalized spacial score (nSPS) is 19.3. The summed E-state index contributed by atoms with van der Waals surface area (Å²) < 4.78 is 32.7. The number of benzene rings is 1. The SMILES string of the molecule is Cc1cc(CC[C@H]2CN(S(=O)(=O)c3ccccc3)CCO2)ncn1. The largest absolute Gasteiger partial charge is 0.375 e. The van der Waals surface area contributed by atoms with E-state index in [0.717, 1.165) is 24.2 Å². The summed E-state index contributed by atoms with van der Waals surface area (Å²) in [4.78, 5) is 8.65. The Balaban J connectivity index is 1.64. The van der Waals surface area contributed by atoms with Crippen LogP contribution in [0.2, 0.25) is 0 Å². The van der Waals surface area contributed by atoms with E-state index in [-0.39, 0.29) is 6.10 Å². The zero-order valence-corrected chi connectivity index (χ0v) is 14.4. The molecule has 0 spiro atoms. The molecule has 1 aliphatic heterocycles. The Morgan fingerprint density at radius 1 is 1.25 bits per heavy atom. The average molecular weight is 347 g/mol. The highest BCUT2D eigenvalue weighted by atomic mass is 32.2. The molecular formula is C17H21N3O3S. The summed E-state index contributed by atoms with van der Waals surface area (Å²) in [6, 6.07) is 10.5. The third-order valence-electron chi connectivity index (χ3n) is 4.07. The second-order valence-electron chi connectivity index (χ2n) is 5.86. The average Bonchev–Trinajstić information content (AvgIpc) is 2.61. The zero-order chi connectivity index (χ0) is 17.0. The number of aromatic nitrogens is 2. The lowest BCUT2D eigenvalue weighted by molar-refractivity contribution is -0.00538. The van der Waals surface area contributed by atoms with E-state index in [2.05, 4.69) is 9.97 Å². The maximum atomic E-state index is 12.7. The van der Waals surface area contributed by atoms with Crippen molar-refractivity contribution >= 4 is 10.0 Å². The Morgan fingerprint density at radius 3 is 2.79 bits per heavy atom. The maximum absolute atomic E-state index is 12.7. The van der Waals surface area contributed by atoms with E-state index < -0.39 is 10.0 Å². The van der Waals surface area contributed by atoms with Gasteiger partial charge in [-0.05, 0) is 38.0 Å². The fourth-order valence-electron chi connectivity index (χ4n) is 2.78. The Kier molecular flexibility index (Phi) is 5.23. The third-order valence-corrected chi connectivity index (χ3v) is 5.94. The van der Waals surface area contributed by atoms with E-state index in [1.165, 1.54) is 4.31 Å². The summed E-state index contributed by atoms with van der Waals surface area (Å²) in [5.41, 5.74) is 1.88. The van der Waals surface area contributed by atoms with Gasteiger partial charge in [-0.25, -0.2) is 18.4 Å². The monoisotopic (exact) mass is 347 g/mol. The van der Waals surface area contributed by atoms with Crippen LogP contribution in [-0.2, 0) is 21.2 Å². The second-order valence-corrected chi connectivity index (χ2v) is 7.80. The molecular weight excluding hydrogens is 326 g/mol. The molecule has 1 aromatic heterocycles. The molecule has 7 heteroatoms. The van der Waals surface area contributed by atoms with Crippen LogP contribution in [0.15, 0.2) is 47.6 Å². The number of nitrogens with zero attached hydrogens (tertiary/aromatic N) is 3.